The van der Waals surface area contributed by atoms with Gasteiger partial charge in [0.15, 0.2) is 0 Å². The molecule has 0 bridgehead atoms. The Bertz CT molecular complexity index is 921. The standard InChI is InChI=1S/C21H21N3O4/c25-20-18-5-1-2-6-19(18)21(26)23(20)11-4-3-10-22-12-9-15-7-8-17(24(27)28)13-16(15)14-22/h1-2,5-8,13H,3-4,9-12,14H2. The smallest absolute Gasteiger partial charge is 0.269 e. The van der Waals surface area contributed by atoms with Gasteiger partial charge in [-0.05, 0) is 49.1 Å². The number of rotatable bonds is 6. The van der Waals surface area contributed by atoms with Gasteiger partial charge >= 0.3 is 0 Å². The normalized spacial score (nSPS) is 16.2. The van der Waals surface area contributed by atoms with Crippen molar-refractivity contribution in [2.24, 2.45) is 0 Å². The van der Waals surface area contributed by atoms with Gasteiger partial charge in [-0.15, -0.1) is 0 Å². The van der Waals surface area contributed by atoms with E-state index in [0.29, 0.717) is 24.2 Å². The molecule has 0 radical (unpaired) electrons. The maximum absolute atomic E-state index is 12.4. The van der Waals surface area contributed by atoms with E-state index in [1.54, 1.807) is 36.4 Å². The van der Waals surface area contributed by atoms with E-state index in [-0.39, 0.29) is 22.4 Å². The van der Waals surface area contributed by atoms with E-state index in [4.69, 9.17) is 0 Å². The van der Waals surface area contributed by atoms with Crippen molar-refractivity contribution in [2.75, 3.05) is 19.6 Å². The van der Waals surface area contributed by atoms with Crippen LogP contribution in [0.15, 0.2) is 42.5 Å². The summed E-state index contributed by atoms with van der Waals surface area (Å²) in [6, 6.07) is 12.0. The van der Waals surface area contributed by atoms with Crippen LogP contribution in [0.4, 0.5) is 5.69 Å². The highest BCUT2D eigenvalue weighted by Crippen LogP contribution is 2.25. The number of carbonyl (C=O) groups is 2. The molecule has 144 valence electrons. The molecule has 2 aromatic rings. The number of imide groups is 1. The molecule has 7 nitrogen and oxygen atoms in total. The zero-order valence-electron chi connectivity index (χ0n) is 15.5. The number of hydrogen-bond acceptors (Lipinski definition) is 5. The monoisotopic (exact) mass is 379 g/mol. The van der Waals surface area contributed by atoms with Gasteiger partial charge in [0, 0.05) is 31.8 Å². The Balaban J connectivity index is 1.29. The molecule has 0 spiro atoms. The van der Waals surface area contributed by atoms with E-state index in [1.807, 2.05) is 6.07 Å². The van der Waals surface area contributed by atoms with Crippen molar-refractivity contribution in [3.8, 4) is 0 Å². The van der Waals surface area contributed by atoms with Crippen molar-refractivity contribution in [3.05, 3.63) is 74.8 Å². The molecule has 2 aromatic carbocycles. The Morgan fingerprint density at radius 3 is 2.29 bits per heavy atom. The number of unbranched alkanes of at least 4 members (excludes halogenated alkanes) is 1. The number of non-ortho nitro benzene ring substituents is 1. The molecular weight excluding hydrogens is 358 g/mol. The second-order valence-electron chi connectivity index (χ2n) is 7.25. The molecule has 4 rings (SSSR count). The first-order chi connectivity index (χ1) is 13.5. The van der Waals surface area contributed by atoms with Crippen LogP contribution in [0.3, 0.4) is 0 Å². The fourth-order valence-corrected chi connectivity index (χ4v) is 3.95. The first-order valence-electron chi connectivity index (χ1n) is 9.48. The fraction of sp³-hybridized carbons (Fsp3) is 0.333. The van der Waals surface area contributed by atoms with Gasteiger partial charge in [0.25, 0.3) is 17.5 Å². The van der Waals surface area contributed by atoms with Crippen LogP contribution in [0.2, 0.25) is 0 Å². The molecule has 0 N–H and O–H groups in total. The lowest BCUT2D eigenvalue weighted by molar-refractivity contribution is -0.385. The molecule has 0 aliphatic carbocycles. The maximum atomic E-state index is 12.4. The maximum Gasteiger partial charge on any atom is 0.269 e. The van der Waals surface area contributed by atoms with E-state index in [2.05, 4.69) is 4.90 Å². The van der Waals surface area contributed by atoms with Crippen LogP contribution in [-0.2, 0) is 13.0 Å². The van der Waals surface area contributed by atoms with Gasteiger partial charge in [-0.1, -0.05) is 18.2 Å². The number of carbonyl (C=O) groups excluding carboxylic acids is 2. The van der Waals surface area contributed by atoms with Crippen LogP contribution < -0.4 is 0 Å². The summed E-state index contributed by atoms with van der Waals surface area (Å²) in [5.74, 6) is -0.417. The average molecular weight is 379 g/mol. The van der Waals surface area contributed by atoms with Crippen LogP contribution in [0.25, 0.3) is 0 Å². The third-order valence-corrected chi connectivity index (χ3v) is 5.48. The molecule has 0 atom stereocenters. The molecule has 2 amide bonds. The number of hydrogen-bond donors (Lipinski definition) is 0. The zero-order chi connectivity index (χ0) is 19.7. The highest BCUT2D eigenvalue weighted by atomic mass is 16.6. The molecule has 0 aromatic heterocycles. The average Bonchev–Trinajstić information content (AvgIpc) is 2.95. The summed E-state index contributed by atoms with van der Waals surface area (Å²) >= 11 is 0. The highest BCUT2D eigenvalue weighted by molar-refractivity contribution is 6.21. The van der Waals surface area contributed by atoms with Crippen LogP contribution in [0.5, 0.6) is 0 Å². The largest absolute Gasteiger partial charge is 0.299 e. The van der Waals surface area contributed by atoms with Crippen molar-refractivity contribution in [1.29, 1.82) is 0 Å². The second-order valence-corrected chi connectivity index (χ2v) is 7.25. The van der Waals surface area contributed by atoms with Gasteiger partial charge in [0.2, 0.25) is 0 Å². The number of nitro groups is 1. The summed E-state index contributed by atoms with van der Waals surface area (Å²) in [5.41, 5.74) is 3.29. The summed E-state index contributed by atoms with van der Waals surface area (Å²) in [6.07, 6.45) is 2.48. The minimum absolute atomic E-state index is 0.131. The number of fused-ring (bicyclic) bond motifs is 2. The van der Waals surface area contributed by atoms with Gasteiger partial charge in [-0.2, -0.15) is 0 Å². The lowest BCUT2D eigenvalue weighted by atomic mass is 9.99. The van der Waals surface area contributed by atoms with Gasteiger partial charge in [-0.25, -0.2) is 0 Å². The Kier molecular flexibility index (Phi) is 4.92. The Morgan fingerprint density at radius 2 is 1.61 bits per heavy atom. The van der Waals surface area contributed by atoms with Gasteiger partial charge in [0.05, 0.1) is 16.1 Å². The van der Waals surface area contributed by atoms with Crippen molar-refractivity contribution in [1.82, 2.24) is 9.80 Å². The van der Waals surface area contributed by atoms with Gasteiger partial charge in [-0.3, -0.25) is 29.5 Å². The molecule has 0 saturated heterocycles. The van der Waals surface area contributed by atoms with Crippen molar-refractivity contribution < 1.29 is 14.5 Å². The Labute approximate surface area is 162 Å². The van der Waals surface area contributed by atoms with Crippen LogP contribution in [0.1, 0.15) is 44.7 Å². The van der Waals surface area contributed by atoms with E-state index >= 15 is 0 Å². The number of nitrogens with zero attached hydrogens (tertiary/aromatic N) is 3. The topological polar surface area (TPSA) is 83.8 Å². The highest BCUT2D eigenvalue weighted by Gasteiger charge is 2.34. The minimum atomic E-state index is -0.360. The van der Waals surface area contributed by atoms with Crippen LogP contribution >= 0.6 is 0 Å². The summed E-state index contributed by atoms with van der Waals surface area (Å²) in [5, 5.41) is 11.0. The summed E-state index contributed by atoms with van der Waals surface area (Å²) in [6.45, 7) is 2.87. The molecule has 0 saturated carbocycles. The van der Waals surface area contributed by atoms with E-state index in [1.165, 1.54) is 10.5 Å². The predicted octanol–water partition coefficient (Wildman–Crippen LogP) is 3.03. The fourth-order valence-electron chi connectivity index (χ4n) is 3.95. The van der Waals surface area contributed by atoms with Crippen molar-refractivity contribution in [2.45, 2.75) is 25.8 Å². The summed E-state index contributed by atoms with van der Waals surface area (Å²) in [7, 11) is 0. The van der Waals surface area contributed by atoms with Crippen molar-refractivity contribution >= 4 is 17.5 Å². The van der Waals surface area contributed by atoms with Crippen molar-refractivity contribution in [3.63, 3.8) is 0 Å². The molecule has 2 heterocycles. The molecule has 0 unspecified atom stereocenters. The molecule has 28 heavy (non-hydrogen) atoms. The second kappa shape index (κ2) is 7.52. The Morgan fingerprint density at radius 1 is 0.929 bits per heavy atom. The number of benzene rings is 2. The molecule has 2 aliphatic heterocycles. The molecule has 7 heteroatoms. The van der Waals surface area contributed by atoms with Crippen LogP contribution in [-0.4, -0.2) is 46.2 Å². The van der Waals surface area contributed by atoms with Gasteiger partial charge < -0.3 is 0 Å². The Hall–Kier alpha value is -3.06. The van der Waals surface area contributed by atoms with E-state index in [9.17, 15) is 19.7 Å². The minimum Gasteiger partial charge on any atom is -0.299 e. The molecule has 0 fully saturated rings. The zero-order valence-corrected chi connectivity index (χ0v) is 15.5. The molecule has 2 aliphatic rings. The SMILES string of the molecule is O=C1c2ccccc2C(=O)N1CCCCN1CCc2ccc([N+](=O)[O-])cc2C1. The lowest BCUT2D eigenvalue weighted by Crippen LogP contribution is -2.33. The third-order valence-electron chi connectivity index (χ3n) is 5.48. The number of nitro benzene ring substituents is 1. The van der Waals surface area contributed by atoms with Gasteiger partial charge in [0.1, 0.15) is 0 Å². The number of amides is 2. The van der Waals surface area contributed by atoms with Crippen LogP contribution in [0, 0.1) is 10.1 Å². The quantitative estimate of drug-likeness (QED) is 0.333. The third kappa shape index (κ3) is 3.41. The first kappa shape index (κ1) is 18.3. The summed E-state index contributed by atoms with van der Waals surface area (Å²) in [4.78, 5) is 39.0. The molecular formula is C21H21N3O4. The predicted molar refractivity (Wildman–Crippen MR) is 103 cm³/mol. The summed E-state index contributed by atoms with van der Waals surface area (Å²) < 4.78 is 0. The van der Waals surface area contributed by atoms with E-state index in [0.717, 1.165) is 37.9 Å². The van der Waals surface area contributed by atoms with E-state index < -0.39 is 0 Å². The lowest BCUT2D eigenvalue weighted by Gasteiger charge is -2.28. The first-order valence-corrected chi connectivity index (χ1v) is 9.48.